The number of hydrogen-bond acceptors (Lipinski definition) is 3. The number of nitrogens with one attached hydrogen (secondary N) is 2. The Balaban J connectivity index is 2.23. The van der Waals surface area contributed by atoms with Crippen molar-refractivity contribution >= 4 is 0 Å². The second-order valence-electron chi connectivity index (χ2n) is 2.66. The van der Waals surface area contributed by atoms with Crippen molar-refractivity contribution in [2.75, 3.05) is 19.6 Å². The molecule has 54 valence electrons. The molecule has 0 radical (unpaired) electrons. The standard InChI is InChI=1S/C6H15N3/c1-5-3-8-4-6(2-7)9-5/h5-6,8-9H,2-4,7H2,1H3. The van der Waals surface area contributed by atoms with E-state index in [4.69, 9.17) is 5.73 Å². The van der Waals surface area contributed by atoms with Crippen LogP contribution in [0.2, 0.25) is 0 Å². The highest BCUT2D eigenvalue weighted by atomic mass is 15.1. The molecule has 3 nitrogen and oxygen atoms in total. The molecule has 0 bridgehead atoms. The Labute approximate surface area is 56.0 Å². The van der Waals surface area contributed by atoms with Gasteiger partial charge in [-0.15, -0.1) is 0 Å². The highest BCUT2D eigenvalue weighted by molar-refractivity contribution is 4.80. The van der Waals surface area contributed by atoms with Gasteiger partial charge in [0.05, 0.1) is 0 Å². The van der Waals surface area contributed by atoms with Gasteiger partial charge in [0.1, 0.15) is 0 Å². The van der Waals surface area contributed by atoms with E-state index in [9.17, 15) is 0 Å². The molecule has 1 heterocycles. The molecule has 2 unspecified atom stereocenters. The lowest BCUT2D eigenvalue weighted by atomic mass is 10.2. The molecule has 0 saturated carbocycles. The number of hydrogen-bond donors (Lipinski definition) is 3. The van der Waals surface area contributed by atoms with E-state index in [1.165, 1.54) is 0 Å². The molecule has 0 aromatic carbocycles. The maximum absolute atomic E-state index is 5.46. The molecular weight excluding hydrogens is 114 g/mol. The summed E-state index contributed by atoms with van der Waals surface area (Å²) in [5, 5.41) is 6.67. The normalized spacial score (nSPS) is 36.7. The van der Waals surface area contributed by atoms with E-state index >= 15 is 0 Å². The molecular formula is C6H15N3. The number of rotatable bonds is 1. The van der Waals surface area contributed by atoms with Crippen LogP contribution in [0.3, 0.4) is 0 Å². The van der Waals surface area contributed by atoms with Crippen molar-refractivity contribution in [3.8, 4) is 0 Å². The van der Waals surface area contributed by atoms with Gasteiger partial charge in [-0.1, -0.05) is 0 Å². The molecule has 1 rings (SSSR count). The molecule has 4 N–H and O–H groups in total. The van der Waals surface area contributed by atoms with Crippen LogP contribution in [-0.4, -0.2) is 31.7 Å². The molecule has 1 aliphatic heterocycles. The average Bonchev–Trinajstić information content (AvgIpc) is 1.88. The lowest BCUT2D eigenvalue weighted by Gasteiger charge is -2.28. The summed E-state index contributed by atoms with van der Waals surface area (Å²) < 4.78 is 0. The Morgan fingerprint density at radius 3 is 2.78 bits per heavy atom. The van der Waals surface area contributed by atoms with Gasteiger partial charge in [-0.25, -0.2) is 0 Å². The van der Waals surface area contributed by atoms with Crippen LogP contribution in [-0.2, 0) is 0 Å². The van der Waals surface area contributed by atoms with Gasteiger partial charge in [0.2, 0.25) is 0 Å². The Hall–Kier alpha value is -0.120. The third-order valence-corrected chi connectivity index (χ3v) is 1.65. The van der Waals surface area contributed by atoms with Gasteiger partial charge in [0.15, 0.2) is 0 Å². The fourth-order valence-corrected chi connectivity index (χ4v) is 1.15. The molecule has 0 spiro atoms. The maximum Gasteiger partial charge on any atom is 0.0318 e. The van der Waals surface area contributed by atoms with Gasteiger partial charge < -0.3 is 16.4 Å². The van der Waals surface area contributed by atoms with Gasteiger partial charge in [0, 0.05) is 31.7 Å². The molecule has 1 aliphatic rings. The summed E-state index contributed by atoms with van der Waals surface area (Å²) in [6, 6.07) is 1.06. The molecule has 1 fully saturated rings. The zero-order valence-corrected chi connectivity index (χ0v) is 5.85. The molecule has 0 aromatic rings. The molecule has 0 aromatic heterocycles. The zero-order chi connectivity index (χ0) is 6.69. The van der Waals surface area contributed by atoms with Crippen LogP contribution in [0.25, 0.3) is 0 Å². The van der Waals surface area contributed by atoms with Crippen molar-refractivity contribution in [1.29, 1.82) is 0 Å². The maximum atomic E-state index is 5.46. The first-order valence-corrected chi connectivity index (χ1v) is 3.49. The summed E-state index contributed by atoms with van der Waals surface area (Å²) >= 11 is 0. The smallest absolute Gasteiger partial charge is 0.0318 e. The minimum absolute atomic E-state index is 0.480. The van der Waals surface area contributed by atoms with E-state index in [1.807, 2.05) is 0 Å². The fraction of sp³-hybridized carbons (Fsp3) is 1.00. The predicted molar refractivity (Wildman–Crippen MR) is 38.3 cm³/mol. The summed E-state index contributed by atoms with van der Waals surface area (Å²) in [6.45, 7) is 4.98. The Morgan fingerprint density at radius 1 is 1.56 bits per heavy atom. The van der Waals surface area contributed by atoms with Crippen LogP contribution in [0.5, 0.6) is 0 Å². The summed E-state index contributed by atoms with van der Waals surface area (Å²) in [6.07, 6.45) is 0. The van der Waals surface area contributed by atoms with Gasteiger partial charge in [-0.05, 0) is 6.92 Å². The Morgan fingerprint density at radius 2 is 2.33 bits per heavy atom. The minimum atomic E-state index is 0.480. The van der Waals surface area contributed by atoms with Crippen molar-refractivity contribution < 1.29 is 0 Å². The van der Waals surface area contributed by atoms with Crippen molar-refractivity contribution in [2.24, 2.45) is 5.73 Å². The lowest BCUT2D eigenvalue weighted by Crippen LogP contribution is -2.56. The largest absolute Gasteiger partial charge is 0.329 e. The van der Waals surface area contributed by atoms with Crippen LogP contribution >= 0.6 is 0 Å². The molecule has 0 amide bonds. The summed E-state index contributed by atoms with van der Waals surface area (Å²) in [7, 11) is 0. The highest BCUT2D eigenvalue weighted by Crippen LogP contribution is 1.90. The first kappa shape index (κ1) is 6.99. The van der Waals surface area contributed by atoms with Crippen LogP contribution in [0, 0.1) is 0 Å². The highest BCUT2D eigenvalue weighted by Gasteiger charge is 2.14. The third kappa shape index (κ3) is 1.93. The van der Waals surface area contributed by atoms with Crippen LogP contribution in [0.4, 0.5) is 0 Å². The zero-order valence-electron chi connectivity index (χ0n) is 5.85. The topological polar surface area (TPSA) is 50.1 Å². The van der Waals surface area contributed by atoms with E-state index in [-0.39, 0.29) is 0 Å². The first-order valence-electron chi connectivity index (χ1n) is 3.49. The van der Waals surface area contributed by atoms with E-state index in [1.54, 1.807) is 0 Å². The summed E-state index contributed by atoms with van der Waals surface area (Å²) in [5.74, 6) is 0. The van der Waals surface area contributed by atoms with E-state index in [0.29, 0.717) is 12.1 Å². The Kier molecular flexibility index (Phi) is 2.45. The molecule has 9 heavy (non-hydrogen) atoms. The molecule has 2 atom stereocenters. The SMILES string of the molecule is CC1CNCC(CN)N1. The summed E-state index contributed by atoms with van der Waals surface area (Å²) in [4.78, 5) is 0. The first-order chi connectivity index (χ1) is 4.33. The quantitative estimate of drug-likeness (QED) is 0.421. The van der Waals surface area contributed by atoms with Crippen LogP contribution < -0.4 is 16.4 Å². The molecule has 1 saturated heterocycles. The lowest BCUT2D eigenvalue weighted by molar-refractivity contribution is 0.358. The van der Waals surface area contributed by atoms with Gasteiger partial charge in [-0.2, -0.15) is 0 Å². The predicted octanol–water partition coefficient (Wildman–Crippen LogP) is -1.10. The second kappa shape index (κ2) is 3.15. The van der Waals surface area contributed by atoms with Crippen molar-refractivity contribution in [2.45, 2.75) is 19.0 Å². The van der Waals surface area contributed by atoms with Gasteiger partial charge >= 0.3 is 0 Å². The second-order valence-corrected chi connectivity index (χ2v) is 2.66. The fourth-order valence-electron chi connectivity index (χ4n) is 1.15. The number of nitrogens with two attached hydrogens (primary N) is 1. The van der Waals surface area contributed by atoms with Crippen molar-refractivity contribution in [3.05, 3.63) is 0 Å². The van der Waals surface area contributed by atoms with E-state index in [0.717, 1.165) is 19.6 Å². The van der Waals surface area contributed by atoms with Gasteiger partial charge in [0.25, 0.3) is 0 Å². The van der Waals surface area contributed by atoms with E-state index in [2.05, 4.69) is 17.6 Å². The van der Waals surface area contributed by atoms with Crippen LogP contribution in [0.1, 0.15) is 6.92 Å². The Bertz CT molecular complexity index is 84.4. The minimum Gasteiger partial charge on any atom is -0.329 e. The van der Waals surface area contributed by atoms with E-state index < -0.39 is 0 Å². The monoisotopic (exact) mass is 129 g/mol. The number of piperazine rings is 1. The molecule has 0 aliphatic carbocycles. The van der Waals surface area contributed by atoms with Gasteiger partial charge in [-0.3, -0.25) is 0 Å². The van der Waals surface area contributed by atoms with Crippen molar-refractivity contribution in [3.63, 3.8) is 0 Å². The summed E-state index contributed by atoms with van der Waals surface area (Å²) in [5.41, 5.74) is 5.46. The third-order valence-electron chi connectivity index (χ3n) is 1.65. The molecule has 3 heteroatoms. The average molecular weight is 129 g/mol. The van der Waals surface area contributed by atoms with Crippen LogP contribution in [0.15, 0.2) is 0 Å². The van der Waals surface area contributed by atoms with Crippen molar-refractivity contribution in [1.82, 2.24) is 10.6 Å².